The lowest BCUT2D eigenvalue weighted by atomic mass is 9.99. The molecule has 1 fully saturated rings. The maximum Gasteiger partial charge on any atom is 0.328 e. The monoisotopic (exact) mass is 541 g/mol. The third kappa shape index (κ3) is 11.3. The van der Waals surface area contributed by atoms with Crippen LogP contribution < -0.4 is 4.74 Å². The van der Waals surface area contributed by atoms with Crippen molar-refractivity contribution in [3.8, 4) is 16.9 Å². The highest BCUT2D eigenvalue weighted by Gasteiger charge is 2.29. The lowest BCUT2D eigenvalue weighted by Crippen LogP contribution is -2.47. The van der Waals surface area contributed by atoms with E-state index in [1.165, 1.54) is 11.1 Å². The van der Waals surface area contributed by atoms with Crippen LogP contribution in [0.5, 0.6) is 5.75 Å². The van der Waals surface area contributed by atoms with E-state index in [-0.39, 0.29) is 12.1 Å². The first-order valence-electron chi connectivity index (χ1n) is 13.3. The molecule has 0 saturated carbocycles. The molecule has 0 aromatic heterocycles. The number of nitrogens with zero attached hydrogens (tertiary/aromatic N) is 1. The number of rotatable bonds is 13. The summed E-state index contributed by atoms with van der Waals surface area (Å²) >= 11 is 0. The molecule has 1 aliphatic rings. The zero-order valence-corrected chi connectivity index (χ0v) is 22.6. The van der Waals surface area contributed by atoms with Crippen LogP contribution in [0.15, 0.2) is 60.7 Å². The summed E-state index contributed by atoms with van der Waals surface area (Å²) < 4.78 is 11.8. The summed E-state index contributed by atoms with van der Waals surface area (Å²) in [6.45, 7) is 6.88. The van der Waals surface area contributed by atoms with E-state index in [1.807, 2.05) is 25.1 Å². The Hall–Kier alpha value is -3.69. The van der Waals surface area contributed by atoms with E-state index in [9.17, 15) is 19.5 Å². The Morgan fingerprint density at radius 3 is 2.10 bits per heavy atom. The second-order valence-corrected chi connectivity index (χ2v) is 9.17. The van der Waals surface area contributed by atoms with Crippen LogP contribution in [0.2, 0.25) is 0 Å². The molecule has 3 N–H and O–H groups in total. The minimum atomic E-state index is -1.26. The van der Waals surface area contributed by atoms with Crippen molar-refractivity contribution in [2.75, 3.05) is 19.7 Å². The summed E-state index contributed by atoms with van der Waals surface area (Å²) in [5, 5.41) is 25.2. The number of piperidine rings is 1. The van der Waals surface area contributed by atoms with E-state index in [0.717, 1.165) is 56.5 Å². The summed E-state index contributed by atoms with van der Waals surface area (Å²) in [5.41, 5.74) is 3.49. The van der Waals surface area contributed by atoms with Gasteiger partial charge in [-0.2, -0.15) is 0 Å². The number of carboxylic acids is 3. The molecule has 2 aromatic rings. The summed E-state index contributed by atoms with van der Waals surface area (Å²) in [5.74, 6) is -2.33. The fourth-order valence-electron chi connectivity index (χ4n) is 4.39. The van der Waals surface area contributed by atoms with E-state index < -0.39 is 17.9 Å². The Morgan fingerprint density at radius 2 is 1.56 bits per heavy atom. The van der Waals surface area contributed by atoms with Gasteiger partial charge in [0.05, 0.1) is 19.3 Å². The Balaban J connectivity index is 0.000000580. The van der Waals surface area contributed by atoms with Crippen LogP contribution >= 0.6 is 0 Å². The van der Waals surface area contributed by atoms with Crippen molar-refractivity contribution in [1.29, 1.82) is 0 Å². The first kappa shape index (κ1) is 31.5. The molecule has 0 spiro atoms. The molecule has 0 radical (unpaired) electrons. The summed E-state index contributed by atoms with van der Waals surface area (Å²) in [6.07, 6.45) is 5.75. The van der Waals surface area contributed by atoms with Gasteiger partial charge in [0.15, 0.2) is 0 Å². The van der Waals surface area contributed by atoms with Gasteiger partial charge < -0.3 is 24.8 Å². The second-order valence-electron chi connectivity index (χ2n) is 9.17. The summed E-state index contributed by atoms with van der Waals surface area (Å²) in [4.78, 5) is 32.9. The standard InChI is InChI=1S/C26H35NO4.C4H4O4/c1-3-5-10-25(26(28)29)27-17-15-23(16-18-27)31-19-21-8-6-7-9-24(21)20-11-13-22(14-12-20)30-4-2;5-3(6)1-2-4(7)8/h6-9,11-14,23,25H,3-5,10,15-19H2,1-2H3,(H,28,29);1-2H,(H,5,6)(H,7,8). The minimum absolute atomic E-state index is 0.172. The lowest BCUT2D eigenvalue weighted by Gasteiger charge is -2.35. The van der Waals surface area contributed by atoms with Crippen LogP contribution in [0.4, 0.5) is 0 Å². The van der Waals surface area contributed by atoms with Crippen LogP contribution in [-0.2, 0) is 25.7 Å². The molecular formula is C30H39NO8. The fourth-order valence-corrected chi connectivity index (χ4v) is 4.39. The number of unbranched alkanes of at least 4 members (excludes halogenated alkanes) is 1. The molecule has 0 aliphatic carbocycles. The molecule has 1 saturated heterocycles. The zero-order chi connectivity index (χ0) is 28.6. The van der Waals surface area contributed by atoms with E-state index in [4.69, 9.17) is 19.7 Å². The number of hydrogen-bond donors (Lipinski definition) is 3. The van der Waals surface area contributed by atoms with E-state index in [0.29, 0.717) is 25.4 Å². The van der Waals surface area contributed by atoms with Gasteiger partial charge in [-0.05, 0) is 55.0 Å². The van der Waals surface area contributed by atoms with Gasteiger partial charge in [-0.3, -0.25) is 9.69 Å². The molecule has 1 heterocycles. The molecule has 2 aromatic carbocycles. The van der Waals surface area contributed by atoms with E-state index in [1.54, 1.807) is 0 Å². The molecule has 1 aliphatic heterocycles. The lowest BCUT2D eigenvalue weighted by molar-refractivity contribution is -0.145. The van der Waals surface area contributed by atoms with Gasteiger partial charge in [-0.1, -0.05) is 56.2 Å². The molecule has 0 bridgehead atoms. The van der Waals surface area contributed by atoms with Crippen LogP contribution in [0, 0.1) is 0 Å². The molecule has 3 rings (SSSR count). The van der Waals surface area contributed by atoms with Crippen LogP contribution in [0.25, 0.3) is 11.1 Å². The summed E-state index contributed by atoms with van der Waals surface area (Å²) in [7, 11) is 0. The SMILES string of the molecule is CCCCC(C(=O)O)N1CCC(OCc2ccccc2-c2ccc(OCC)cc2)CC1.O=C(O)C=CC(=O)O. The highest BCUT2D eigenvalue weighted by molar-refractivity contribution is 5.89. The smallest absolute Gasteiger partial charge is 0.328 e. The Bertz CT molecular complexity index is 1060. The fraction of sp³-hybridized carbons (Fsp3) is 0.433. The number of carbonyl (C=O) groups is 3. The van der Waals surface area contributed by atoms with Crippen molar-refractivity contribution >= 4 is 17.9 Å². The zero-order valence-electron chi connectivity index (χ0n) is 22.6. The number of ether oxygens (including phenoxy) is 2. The van der Waals surface area contributed by atoms with Gasteiger partial charge in [0.2, 0.25) is 0 Å². The van der Waals surface area contributed by atoms with Gasteiger partial charge in [-0.15, -0.1) is 0 Å². The first-order valence-corrected chi connectivity index (χ1v) is 13.3. The van der Waals surface area contributed by atoms with Crippen molar-refractivity contribution in [3.05, 3.63) is 66.2 Å². The molecule has 0 amide bonds. The maximum atomic E-state index is 11.6. The van der Waals surface area contributed by atoms with Crippen molar-refractivity contribution in [3.63, 3.8) is 0 Å². The van der Waals surface area contributed by atoms with E-state index >= 15 is 0 Å². The quantitative estimate of drug-likeness (QED) is 0.297. The van der Waals surface area contributed by atoms with Crippen molar-refractivity contribution in [1.82, 2.24) is 4.90 Å². The highest BCUT2D eigenvalue weighted by Crippen LogP contribution is 2.28. The molecule has 9 heteroatoms. The molecule has 39 heavy (non-hydrogen) atoms. The average Bonchev–Trinajstić information content (AvgIpc) is 2.93. The van der Waals surface area contributed by atoms with Crippen LogP contribution in [0.1, 0.15) is 51.5 Å². The topological polar surface area (TPSA) is 134 Å². The third-order valence-corrected chi connectivity index (χ3v) is 6.37. The number of likely N-dealkylation sites (tertiary alicyclic amines) is 1. The van der Waals surface area contributed by atoms with E-state index in [2.05, 4.69) is 42.2 Å². The molecular weight excluding hydrogens is 502 g/mol. The van der Waals surface area contributed by atoms with Crippen molar-refractivity contribution in [2.24, 2.45) is 0 Å². The minimum Gasteiger partial charge on any atom is -0.494 e. The van der Waals surface area contributed by atoms with Gasteiger partial charge in [-0.25, -0.2) is 9.59 Å². The Morgan fingerprint density at radius 1 is 0.949 bits per heavy atom. The van der Waals surface area contributed by atoms with Crippen molar-refractivity contribution in [2.45, 2.75) is 64.7 Å². The number of carboxylic acid groups (broad SMARTS) is 3. The van der Waals surface area contributed by atoms with Gasteiger partial charge >= 0.3 is 17.9 Å². The Kier molecular flexibility index (Phi) is 13.7. The maximum absolute atomic E-state index is 11.6. The van der Waals surface area contributed by atoms with Crippen LogP contribution in [-0.4, -0.2) is 70.0 Å². The predicted octanol–water partition coefficient (Wildman–Crippen LogP) is 5.09. The molecule has 1 unspecified atom stereocenters. The molecule has 212 valence electrons. The molecule has 9 nitrogen and oxygen atoms in total. The third-order valence-electron chi connectivity index (χ3n) is 6.37. The van der Waals surface area contributed by atoms with Crippen LogP contribution in [0.3, 0.4) is 0 Å². The number of hydrogen-bond acceptors (Lipinski definition) is 6. The normalized spacial score (nSPS) is 14.8. The number of aliphatic carboxylic acids is 3. The summed E-state index contributed by atoms with van der Waals surface area (Å²) in [6, 6.07) is 16.2. The second kappa shape index (κ2) is 17.0. The molecule has 1 atom stereocenters. The number of benzene rings is 2. The average molecular weight is 542 g/mol. The highest BCUT2D eigenvalue weighted by atomic mass is 16.5. The predicted molar refractivity (Wildman–Crippen MR) is 148 cm³/mol. The van der Waals surface area contributed by atoms with Crippen molar-refractivity contribution < 1.29 is 39.2 Å². The van der Waals surface area contributed by atoms with Gasteiger partial charge in [0.25, 0.3) is 0 Å². The largest absolute Gasteiger partial charge is 0.494 e. The first-order chi connectivity index (χ1) is 18.7. The van der Waals surface area contributed by atoms with Gasteiger partial charge in [0.1, 0.15) is 11.8 Å². The Labute approximate surface area is 229 Å². The van der Waals surface area contributed by atoms with Gasteiger partial charge in [0, 0.05) is 25.2 Å².